The number of carbonyl (C=O) groups is 3. The summed E-state index contributed by atoms with van der Waals surface area (Å²) in [4.78, 5) is 40.2. The Balaban J connectivity index is 1.66. The van der Waals surface area contributed by atoms with Crippen LogP contribution in [0, 0.1) is 18.6 Å². The van der Waals surface area contributed by atoms with E-state index in [0.717, 1.165) is 23.2 Å². The Kier molecular flexibility index (Phi) is 9.00. The summed E-state index contributed by atoms with van der Waals surface area (Å²) in [7, 11) is 0. The first kappa shape index (κ1) is 27.4. The first-order valence-electron chi connectivity index (χ1n) is 10.9. The molecule has 0 unspecified atom stereocenters. The summed E-state index contributed by atoms with van der Waals surface area (Å²) in [6.07, 6.45) is -4.78. The quantitative estimate of drug-likeness (QED) is 0.312. The molecule has 3 rings (SSSR count). The summed E-state index contributed by atoms with van der Waals surface area (Å²) in [6, 6.07) is 2.67. The van der Waals surface area contributed by atoms with Crippen molar-refractivity contribution < 1.29 is 41.2 Å². The number of nitrogens with one attached hydrogen (secondary N) is 2. The molecule has 0 saturated carbocycles. The number of carbonyl (C=O) groups excluding carboxylic acids is 3. The van der Waals surface area contributed by atoms with E-state index in [1.807, 2.05) is 0 Å². The molecule has 1 fully saturated rings. The third kappa shape index (κ3) is 7.16. The number of anilines is 3. The molecule has 16 heteroatoms. The topological polar surface area (TPSA) is 155 Å². The largest absolute Gasteiger partial charge is 0.438 e. The van der Waals surface area contributed by atoms with E-state index in [1.54, 1.807) is 6.92 Å². The monoisotopic (exact) mass is 529 g/mol. The molecule has 1 aromatic heterocycles. The minimum absolute atomic E-state index is 0.0138. The van der Waals surface area contributed by atoms with E-state index in [4.69, 9.17) is 15.0 Å². The number of urea groups is 1. The molecule has 1 aliphatic heterocycles. The Labute approximate surface area is 207 Å². The Morgan fingerprint density at radius 2 is 2.00 bits per heavy atom. The van der Waals surface area contributed by atoms with Gasteiger partial charge >= 0.3 is 24.5 Å². The average molecular weight is 529 g/mol. The van der Waals surface area contributed by atoms with Gasteiger partial charge in [-0.2, -0.15) is 8.78 Å². The fourth-order valence-corrected chi connectivity index (χ4v) is 3.38. The number of cyclic esters (lactones) is 1. The summed E-state index contributed by atoms with van der Waals surface area (Å²) >= 11 is 0. The molecule has 0 spiro atoms. The predicted molar refractivity (Wildman–Crippen MR) is 123 cm³/mol. The van der Waals surface area contributed by atoms with Crippen molar-refractivity contribution in [2.24, 2.45) is 10.7 Å². The van der Waals surface area contributed by atoms with Crippen molar-refractivity contribution in [1.29, 1.82) is 0 Å². The van der Waals surface area contributed by atoms with E-state index in [9.17, 15) is 23.2 Å². The van der Waals surface area contributed by atoms with Gasteiger partial charge in [-0.05, 0) is 6.92 Å². The average Bonchev–Trinajstić information content (AvgIpc) is 3.41. The highest BCUT2D eigenvalue weighted by molar-refractivity contribution is 5.95. The lowest BCUT2D eigenvalue weighted by molar-refractivity contribution is -0.128. The third-order valence-corrected chi connectivity index (χ3v) is 4.96. The number of ether oxygens (including phenoxy) is 1. The van der Waals surface area contributed by atoms with Crippen LogP contribution in [0.5, 0.6) is 0 Å². The second kappa shape index (κ2) is 12.2. The molecular weight excluding hydrogens is 506 g/mol. The van der Waals surface area contributed by atoms with Crippen LogP contribution in [0.4, 0.5) is 44.3 Å². The number of nitrogens with zero attached hydrogens (tertiary/aromatic N) is 4. The summed E-state index contributed by atoms with van der Waals surface area (Å²) < 4.78 is 64.3. The van der Waals surface area contributed by atoms with Crippen molar-refractivity contribution in [3.63, 3.8) is 0 Å². The number of halogens is 4. The van der Waals surface area contributed by atoms with Crippen molar-refractivity contribution in [3.05, 3.63) is 35.6 Å². The zero-order valence-electron chi connectivity index (χ0n) is 19.4. The number of aryl methyl sites for hydroxylation is 1. The van der Waals surface area contributed by atoms with E-state index in [0.29, 0.717) is 5.76 Å². The maximum Gasteiger partial charge on any atom is 0.415 e. The van der Waals surface area contributed by atoms with Crippen molar-refractivity contribution in [1.82, 2.24) is 10.5 Å². The molecule has 0 bridgehead atoms. The van der Waals surface area contributed by atoms with Gasteiger partial charge in [0.1, 0.15) is 11.4 Å². The van der Waals surface area contributed by atoms with Crippen LogP contribution in [-0.2, 0) is 9.53 Å². The second-order valence-corrected chi connectivity index (χ2v) is 7.69. The molecule has 37 heavy (non-hydrogen) atoms. The Hall–Kier alpha value is -4.21. The van der Waals surface area contributed by atoms with E-state index in [-0.39, 0.29) is 44.2 Å². The van der Waals surface area contributed by atoms with Gasteiger partial charge in [0.15, 0.2) is 23.6 Å². The highest BCUT2D eigenvalue weighted by Gasteiger charge is 2.33. The normalized spacial score (nSPS) is 15.4. The lowest BCUT2D eigenvalue weighted by Crippen LogP contribution is -2.39. The molecule has 1 aliphatic rings. The smallest absolute Gasteiger partial charge is 0.415 e. The molecule has 12 nitrogen and oxygen atoms in total. The molecule has 0 aliphatic carbocycles. The summed E-state index contributed by atoms with van der Waals surface area (Å²) in [5, 5.41) is 8.57. The zero-order chi connectivity index (χ0) is 27.1. The number of hydrogen-bond donors (Lipinski definition) is 3. The standard InChI is InChI=1S/C21H23F4N7O5/c1-11-6-16(30-37-11)29-20(34)27-3-5-31(4-2-26)17-14(22)7-12(8-15(17)23)32-10-13(36-21(32)35)9-28-19(33)18(24)25/h6-9,13,18H,2-5,10,26H2,1H3,(H2,27,29,30,34)/t13-/m0/s1. The van der Waals surface area contributed by atoms with Gasteiger partial charge in [-0.15, -0.1) is 0 Å². The number of amides is 4. The lowest BCUT2D eigenvalue weighted by Gasteiger charge is -2.26. The predicted octanol–water partition coefficient (Wildman–Crippen LogP) is 2.04. The van der Waals surface area contributed by atoms with Gasteiger partial charge in [0.25, 0.3) is 0 Å². The van der Waals surface area contributed by atoms with Crippen molar-refractivity contribution in [2.75, 3.05) is 47.8 Å². The molecule has 0 radical (unpaired) electrons. The molecule has 4 N–H and O–H groups in total. The number of alkyl halides is 2. The second-order valence-electron chi connectivity index (χ2n) is 7.69. The fraction of sp³-hybridized carbons (Fsp3) is 0.381. The van der Waals surface area contributed by atoms with E-state index < -0.39 is 47.9 Å². The van der Waals surface area contributed by atoms with Crippen molar-refractivity contribution in [3.8, 4) is 0 Å². The molecular formula is C21H23F4N7O5. The number of benzene rings is 1. The van der Waals surface area contributed by atoms with Crippen LogP contribution in [0.2, 0.25) is 0 Å². The third-order valence-electron chi connectivity index (χ3n) is 4.96. The number of aliphatic imine (C=N–C) groups is 1. The zero-order valence-corrected chi connectivity index (χ0v) is 19.4. The Morgan fingerprint density at radius 1 is 1.30 bits per heavy atom. The van der Waals surface area contributed by atoms with Crippen LogP contribution in [0.1, 0.15) is 5.76 Å². The van der Waals surface area contributed by atoms with E-state index in [2.05, 4.69) is 20.8 Å². The first-order chi connectivity index (χ1) is 17.6. The van der Waals surface area contributed by atoms with Gasteiger partial charge in [0, 0.05) is 44.4 Å². The molecule has 200 valence electrons. The van der Waals surface area contributed by atoms with Crippen LogP contribution >= 0.6 is 0 Å². The number of nitrogens with two attached hydrogens (primary N) is 1. The highest BCUT2D eigenvalue weighted by Crippen LogP contribution is 2.30. The minimum atomic E-state index is -3.32. The molecule has 1 saturated heterocycles. The van der Waals surface area contributed by atoms with Crippen LogP contribution in [-0.4, -0.2) is 74.7 Å². The van der Waals surface area contributed by atoms with Gasteiger partial charge in [-0.25, -0.2) is 23.4 Å². The van der Waals surface area contributed by atoms with Crippen LogP contribution in [0.3, 0.4) is 0 Å². The van der Waals surface area contributed by atoms with Crippen molar-refractivity contribution >= 4 is 41.4 Å². The van der Waals surface area contributed by atoms with Crippen molar-refractivity contribution in [2.45, 2.75) is 19.5 Å². The molecule has 2 aromatic rings. The van der Waals surface area contributed by atoms with Gasteiger partial charge < -0.3 is 25.2 Å². The first-order valence-corrected chi connectivity index (χ1v) is 10.9. The molecule has 4 amide bonds. The fourth-order valence-electron chi connectivity index (χ4n) is 3.38. The van der Waals surface area contributed by atoms with Gasteiger partial charge in [-0.1, -0.05) is 5.16 Å². The highest BCUT2D eigenvalue weighted by atomic mass is 19.3. The summed E-state index contributed by atoms with van der Waals surface area (Å²) in [5.41, 5.74) is 4.94. The molecule has 1 atom stereocenters. The summed E-state index contributed by atoms with van der Waals surface area (Å²) in [5.74, 6) is -3.08. The van der Waals surface area contributed by atoms with Crippen LogP contribution < -0.4 is 26.2 Å². The Bertz CT molecular complexity index is 1150. The maximum atomic E-state index is 15.0. The lowest BCUT2D eigenvalue weighted by atomic mass is 10.2. The SMILES string of the molecule is Cc1cc(NC(=O)NCCN(CCN)c2c(F)cc(N3C[C@H](C=NC(=O)C(F)F)OC3=O)cc2F)no1. The number of aromatic nitrogens is 1. The van der Waals surface area contributed by atoms with Crippen LogP contribution in [0.25, 0.3) is 0 Å². The maximum absolute atomic E-state index is 15.0. The minimum Gasteiger partial charge on any atom is -0.438 e. The summed E-state index contributed by atoms with van der Waals surface area (Å²) in [6.45, 7) is 1.39. The van der Waals surface area contributed by atoms with Gasteiger partial charge in [-0.3, -0.25) is 15.0 Å². The van der Waals surface area contributed by atoms with E-state index >= 15 is 8.78 Å². The number of hydrogen-bond acceptors (Lipinski definition) is 8. The Morgan fingerprint density at radius 3 is 2.59 bits per heavy atom. The van der Waals surface area contributed by atoms with E-state index in [1.165, 1.54) is 11.0 Å². The molecule has 2 heterocycles. The molecule has 1 aromatic carbocycles. The van der Waals surface area contributed by atoms with Crippen LogP contribution in [0.15, 0.2) is 27.7 Å². The van der Waals surface area contributed by atoms with Gasteiger partial charge in [0.05, 0.1) is 18.4 Å². The number of rotatable bonds is 10. The van der Waals surface area contributed by atoms with Gasteiger partial charge in [0.2, 0.25) is 0 Å².